The lowest BCUT2D eigenvalue weighted by Gasteiger charge is -2.34. The van der Waals surface area contributed by atoms with Crippen molar-refractivity contribution in [3.8, 4) is 17.1 Å². The molecule has 172 valence electrons. The minimum atomic E-state index is -0.323. The van der Waals surface area contributed by atoms with Crippen LogP contribution in [0.3, 0.4) is 0 Å². The smallest absolute Gasteiger partial charge is 0.273 e. The van der Waals surface area contributed by atoms with Gasteiger partial charge in [0.1, 0.15) is 18.1 Å². The number of H-pyrrole nitrogens is 1. The fourth-order valence-electron chi connectivity index (χ4n) is 3.47. The van der Waals surface area contributed by atoms with E-state index in [0.29, 0.717) is 44.5 Å². The van der Waals surface area contributed by atoms with Crippen molar-refractivity contribution in [3.05, 3.63) is 53.0 Å². The van der Waals surface area contributed by atoms with Crippen LogP contribution in [0.4, 0.5) is 0 Å². The Bertz CT molecular complexity index is 936. The molecule has 0 unspecified atom stereocenters. The van der Waals surface area contributed by atoms with Crippen LogP contribution in [0, 0.1) is 0 Å². The Labute approximate surface area is 188 Å². The fourth-order valence-corrected chi connectivity index (χ4v) is 3.47. The highest BCUT2D eigenvalue weighted by Gasteiger charge is 2.20. The summed E-state index contributed by atoms with van der Waals surface area (Å²) in [7, 11) is 0. The summed E-state index contributed by atoms with van der Waals surface area (Å²) in [4.78, 5) is 31.8. The lowest BCUT2D eigenvalue weighted by molar-refractivity contribution is -0.132. The molecule has 0 spiro atoms. The van der Waals surface area contributed by atoms with Crippen LogP contribution in [0.15, 0.2) is 41.7 Å². The predicted octanol–water partition coefficient (Wildman–Crippen LogP) is 1.51. The maximum Gasteiger partial charge on any atom is 0.273 e. The molecule has 1 amide bonds. The van der Waals surface area contributed by atoms with Gasteiger partial charge in [0.2, 0.25) is 5.91 Å². The summed E-state index contributed by atoms with van der Waals surface area (Å²) in [6.07, 6.45) is 2.38. The minimum Gasteiger partial charge on any atom is -0.491 e. The second-order valence-electron chi connectivity index (χ2n) is 7.49. The summed E-state index contributed by atoms with van der Waals surface area (Å²) in [5, 5.41) is 8.21. The normalized spacial score (nSPS) is 14.3. The number of hydrogen-bond acceptors (Lipinski definition) is 7. The number of hydrogen-bond donors (Lipinski definition) is 1. The molecule has 2 aromatic rings. The number of aryl methyl sites for hydroxylation is 1. The lowest BCUT2D eigenvalue weighted by atomic mass is 10.2. The molecule has 3 rings (SSSR count). The minimum absolute atomic E-state index is 0.0356. The van der Waals surface area contributed by atoms with Crippen LogP contribution in [-0.4, -0.2) is 83.4 Å². The van der Waals surface area contributed by atoms with Gasteiger partial charge in [-0.2, -0.15) is 0 Å². The Morgan fingerprint density at radius 1 is 1.16 bits per heavy atom. The number of carbonyl (C=O) groups is 1. The Kier molecular flexibility index (Phi) is 8.94. The number of amides is 1. The van der Waals surface area contributed by atoms with E-state index in [-0.39, 0.29) is 30.0 Å². The van der Waals surface area contributed by atoms with Gasteiger partial charge < -0.3 is 19.4 Å². The third kappa shape index (κ3) is 6.73. The van der Waals surface area contributed by atoms with E-state index < -0.39 is 0 Å². The zero-order valence-corrected chi connectivity index (χ0v) is 18.6. The molecule has 9 nitrogen and oxygen atoms in total. The molecule has 0 radical (unpaired) electrons. The second-order valence-corrected chi connectivity index (χ2v) is 7.49. The average Bonchev–Trinajstić information content (AvgIpc) is 2.82. The van der Waals surface area contributed by atoms with Gasteiger partial charge in [-0.05, 0) is 31.2 Å². The first kappa shape index (κ1) is 23.6. The molecule has 1 aromatic carbocycles. The monoisotopic (exact) mass is 441 g/mol. The van der Waals surface area contributed by atoms with Gasteiger partial charge in [0.05, 0.1) is 6.61 Å². The number of benzene rings is 1. The molecule has 0 aliphatic carbocycles. The van der Waals surface area contributed by atoms with Crippen molar-refractivity contribution in [2.75, 3.05) is 52.5 Å². The van der Waals surface area contributed by atoms with Crippen molar-refractivity contribution in [1.29, 1.82) is 0 Å². The third-order valence-corrected chi connectivity index (χ3v) is 5.28. The molecular formula is C23H31N5O4. The average molecular weight is 442 g/mol. The van der Waals surface area contributed by atoms with Gasteiger partial charge in [-0.3, -0.25) is 14.5 Å². The molecule has 1 saturated heterocycles. The van der Waals surface area contributed by atoms with Gasteiger partial charge in [-0.25, -0.2) is 0 Å². The molecular weight excluding hydrogens is 410 g/mol. The number of aromatic amines is 1. The van der Waals surface area contributed by atoms with Crippen molar-refractivity contribution in [3.63, 3.8) is 0 Å². The van der Waals surface area contributed by atoms with Crippen LogP contribution < -0.4 is 10.3 Å². The van der Waals surface area contributed by atoms with Gasteiger partial charge in [0, 0.05) is 57.7 Å². The van der Waals surface area contributed by atoms with Crippen molar-refractivity contribution in [2.45, 2.75) is 19.8 Å². The van der Waals surface area contributed by atoms with Crippen molar-refractivity contribution in [2.24, 2.45) is 0 Å². The summed E-state index contributed by atoms with van der Waals surface area (Å²) in [5.41, 5.74) is 0.672. The SMILES string of the molecule is C=CCN1CCN(C(=O)CCc2nnc(-c3ccc(OCCOCC)cc3)[nH]c2=O)CC1. The van der Waals surface area contributed by atoms with E-state index in [1.54, 1.807) is 0 Å². The van der Waals surface area contributed by atoms with Crippen LogP contribution >= 0.6 is 0 Å². The molecule has 0 bridgehead atoms. The van der Waals surface area contributed by atoms with E-state index in [0.717, 1.165) is 25.2 Å². The summed E-state index contributed by atoms with van der Waals surface area (Å²) in [6.45, 7) is 11.2. The fraction of sp³-hybridized carbons (Fsp3) is 0.478. The Hall–Kier alpha value is -3.04. The molecule has 9 heteroatoms. The van der Waals surface area contributed by atoms with Gasteiger partial charge in [-0.15, -0.1) is 16.8 Å². The molecule has 1 fully saturated rings. The van der Waals surface area contributed by atoms with Crippen molar-refractivity contribution in [1.82, 2.24) is 25.0 Å². The van der Waals surface area contributed by atoms with Crippen LogP contribution in [0.5, 0.6) is 5.75 Å². The predicted molar refractivity (Wildman–Crippen MR) is 122 cm³/mol. The first-order valence-electron chi connectivity index (χ1n) is 11.0. The highest BCUT2D eigenvalue weighted by molar-refractivity contribution is 5.76. The summed E-state index contributed by atoms with van der Waals surface area (Å²) >= 11 is 0. The highest BCUT2D eigenvalue weighted by Crippen LogP contribution is 2.18. The van der Waals surface area contributed by atoms with E-state index in [4.69, 9.17) is 9.47 Å². The van der Waals surface area contributed by atoms with E-state index >= 15 is 0 Å². The molecule has 2 heterocycles. The van der Waals surface area contributed by atoms with E-state index in [2.05, 4.69) is 26.7 Å². The maximum atomic E-state index is 12.5. The Morgan fingerprint density at radius 2 is 1.91 bits per heavy atom. The van der Waals surface area contributed by atoms with Crippen LogP contribution in [0.25, 0.3) is 11.4 Å². The van der Waals surface area contributed by atoms with Crippen LogP contribution in [0.2, 0.25) is 0 Å². The quantitative estimate of drug-likeness (QED) is 0.417. The van der Waals surface area contributed by atoms with Crippen molar-refractivity contribution >= 4 is 5.91 Å². The third-order valence-electron chi connectivity index (χ3n) is 5.28. The highest BCUT2D eigenvalue weighted by atomic mass is 16.5. The first-order valence-corrected chi connectivity index (χ1v) is 11.0. The summed E-state index contributed by atoms with van der Waals surface area (Å²) in [5.74, 6) is 1.13. The summed E-state index contributed by atoms with van der Waals surface area (Å²) in [6, 6.07) is 7.24. The molecule has 1 aliphatic rings. The molecule has 1 aromatic heterocycles. The number of nitrogens with zero attached hydrogens (tertiary/aromatic N) is 4. The molecule has 0 atom stereocenters. The maximum absolute atomic E-state index is 12.5. The number of piperazine rings is 1. The van der Waals surface area contributed by atoms with Crippen LogP contribution in [0.1, 0.15) is 19.0 Å². The van der Waals surface area contributed by atoms with E-state index in [9.17, 15) is 9.59 Å². The lowest BCUT2D eigenvalue weighted by Crippen LogP contribution is -2.48. The van der Waals surface area contributed by atoms with Gasteiger partial charge in [-0.1, -0.05) is 6.08 Å². The Balaban J connectivity index is 1.51. The van der Waals surface area contributed by atoms with E-state index in [1.165, 1.54) is 0 Å². The first-order chi connectivity index (χ1) is 15.6. The second kappa shape index (κ2) is 12.1. The Morgan fingerprint density at radius 3 is 2.56 bits per heavy atom. The molecule has 1 aliphatic heterocycles. The molecule has 0 saturated carbocycles. The number of carbonyl (C=O) groups excluding carboxylic acids is 1. The summed E-state index contributed by atoms with van der Waals surface area (Å²) < 4.78 is 10.8. The number of ether oxygens (including phenoxy) is 2. The molecule has 32 heavy (non-hydrogen) atoms. The number of nitrogens with one attached hydrogen (secondary N) is 1. The zero-order valence-electron chi connectivity index (χ0n) is 18.6. The van der Waals surface area contributed by atoms with Crippen molar-refractivity contribution < 1.29 is 14.3 Å². The number of rotatable bonds is 11. The molecule has 1 N–H and O–H groups in total. The standard InChI is InChI=1S/C23H31N5O4/c1-3-11-27-12-14-28(15-13-27)21(29)10-9-20-23(30)24-22(26-25-20)18-5-7-19(8-6-18)32-17-16-31-4-2/h3,5-8H,1,4,9-17H2,2H3,(H,24,26,30). The van der Waals surface area contributed by atoms with E-state index in [1.807, 2.05) is 42.2 Å². The zero-order chi connectivity index (χ0) is 22.8. The topological polar surface area (TPSA) is 101 Å². The van der Waals surface area contributed by atoms with Gasteiger partial charge >= 0.3 is 0 Å². The van der Waals surface area contributed by atoms with Gasteiger partial charge in [0.25, 0.3) is 5.56 Å². The number of aromatic nitrogens is 3. The van der Waals surface area contributed by atoms with Gasteiger partial charge in [0.15, 0.2) is 5.82 Å². The van der Waals surface area contributed by atoms with Crippen LogP contribution in [-0.2, 0) is 16.0 Å². The largest absolute Gasteiger partial charge is 0.491 e.